The highest BCUT2D eigenvalue weighted by Gasteiger charge is 2.30. The first kappa shape index (κ1) is 11.1. The number of hydrogen-bond donors (Lipinski definition) is 1. The molecular formula is C15H21NO. The fourth-order valence-corrected chi connectivity index (χ4v) is 2.94. The summed E-state index contributed by atoms with van der Waals surface area (Å²) in [6, 6.07) is 6.67. The number of nitrogens with one attached hydrogen (secondary N) is 1. The molecule has 0 spiro atoms. The second-order valence-electron chi connectivity index (χ2n) is 5.62. The summed E-state index contributed by atoms with van der Waals surface area (Å²) in [7, 11) is 0. The molecule has 1 N–H and O–H groups in total. The van der Waals surface area contributed by atoms with E-state index in [1.54, 1.807) is 0 Å². The maximum atomic E-state index is 6.17. The van der Waals surface area contributed by atoms with Gasteiger partial charge in [-0.1, -0.05) is 6.07 Å². The van der Waals surface area contributed by atoms with Crippen molar-refractivity contribution in [2.45, 2.75) is 44.6 Å². The SMILES string of the molecule is CC1(Oc2ccc3c(c2)CCCC3)CCNC1. The molecule has 0 saturated carbocycles. The molecule has 1 aromatic carbocycles. The average molecular weight is 231 g/mol. The molecule has 3 rings (SSSR count). The Bertz CT molecular complexity index is 407. The first-order valence-electron chi connectivity index (χ1n) is 6.77. The number of fused-ring (bicyclic) bond motifs is 1. The molecule has 1 aliphatic heterocycles. The van der Waals surface area contributed by atoms with Crippen molar-refractivity contribution >= 4 is 0 Å². The highest BCUT2D eigenvalue weighted by Crippen LogP contribution is 2.29. The van der Waals surface area contributed by atoms with Crippen LogP contribution in [0.5, 0.6) is 5.75 Å². The second kappa shape index (κ2) is 4.34. The Kier molecular flexibility index (Phi) is 2.83. The highest BCUT2D eigenvalue weighted by molar-refractivity contribution is 5.37. The molecule has 17 heavy (non-hydrogen) atoms. The summed E-state index contributed by atoms with van der Waals surface area (Å²) in [5.41, 5.74) is 3.02. The van der Waals surface area contributed by atoms with Crippen molar-refractivity contribution in [1.29, 1.82) is 0 Å². The van der Waals surface area contributed by atoms with Gasteiger partial charge in [-0.15, -0.1) is 0 Å². The molecule has 1 aromatic rings. The largest absolute Gasteiger partial charge is 0.486 e. The molecule has 1 atom stereocenters. The Morgan fingerprint density at radius 2 is 2.00 bits per heavy atom. The van der Waals surface area contributed by atoms with E-state index in [1.165, 1.54) is 36.8 Å². The van der Waals surface area contributed by atoms with E-state index in [1.807, 2.05) is 0 Å². The molecule has 0 aromatic heterocycles. The third-order valence-electron chi connectivity index (χ3n) is 4.01. The van der Waals surface area contributed by atoms with Crippen molar-refractivity contribution in [3.63, 3.8) is 0 Å². The summed E-state index contributed by atoms with van der Waals surface area (Å²) in [5.74, 6) is 1.05. The Balaban J connectivity index is 1.79. The topological polar surface area (TPSA) is 21.3 Å². The number of hydrogen-bond acceptors (Lipinski definition) is 2. The molecular weight excluding hydrogens is 210 g/mol. The minimum Gasteiger partial charge on any atom is -0.486 e. The number of benzene rings is 1. The van der Waals surface area contributed by atoms with Crippen LogP contribution in [0.3, 0.4) is 0 Å². The van der Waals surface area contributed by atoms with Crippen molar-refractivity contribution in [3.8, 4) is 5.75 Å². The van der Waals surface area contributed by atoms with Crippen LogP contribution in [0.15, 0.2) is 18.2 Å². The minimum absolute atomic E-state index is 0.0110. The first-order valence-corrected chi connectivity index (χ1v) is 6.77. The lowest BCUT2D eigenvalue weighted by atomic mass is 9.91. The zero-order valence-corrected chi connectivity index (χ0v) is 10.6. The van der Waals surface area contributed by atoms with Gasteiger partial charge in [0.05, 0.1) is 0 Å². The fourth-order valence-electron chi connectivity index (χ4n) is 2.94. The van der Waals surface area contributed by atoms with Gasteiger partial charge in [-0.3, -0.25) is 0 Å². The van der Waals surface area contributed by atoms with Crippen molar-refractivity contribution in [2.75, 3.05) is 13.1 Å². The van der Waals surface area contributed by atoms with Crippen LogP contribution in [0.4, 0.5) is 0 Å². The van der Waals surface area contributed by atoms with Gasteiger partial charge in [0.1, 0.15) is 11.4 Å². The molecule has 2 aliphatic rings. The van der Waals surface area contributed by atoms with Crippen LogP contribution in [-0.2, 0) is 12.8 Å². The van der Waals surface area contributed by atoms with Gasteiger partial charge in [-0.05, 0) is 62.4 Å². The van der Waals surface area contributed by atoms with Gasteiger partial charge in [-0.2, -0.15) is 0 Å². The maximum absolute atomic E-state index is 6.17. The van der Waals surface area contributed by atoms with E-state index in [0.717, 1.165) is 25.3 Å². The van der Waals surface area contributed by atoms with Gasteiger partial charge >= 0.3 is 0 Å². The fraction of sp³-hybridized carbons (Fsp3) is 0.600. The lowest BCUT2D eigenvalue weighted by molar-refractivity contribution is 0.111. The number of aryl methyl sites for hydroxylation is 2. The summed E-state index contributed by atoms with van der Waals surface area (Å²) in [4.78, 5) is 0. The van der Waals surface area contributed by atoms with E-state index in [0.29, 0.717) is 0 Å². The Hall–Kier alpha value is -1.02. The first-order chi connectivity index (χ1) is 8.25. The van der Waals surface area contributed by atoms with Crippen LogP contribution >= 0.6 is 0 Å². The number of rotatable bonds is 2. The lowest BCUT2D eigenvalue weighted by Crippen LogP contribution is -2.34. The van der Waals surface area contributed by atoms with Crippen molar-refractivity contribution in [3.05, 3.63) is 29.3 Å². The zero-order valence-electron chi connectivity index (χ0n) is 10.6. The van der Waals surface area contributed by atoms with Crippen LogP contribution < -0.4 is 10.1 Å². The quantitative estimate of drug-likeness (QED) is 0.845. The molecule has 1 fully saturated rings. The van der Waals surface area contributed by atoms with E-state index < -0.39 is 0 Å². The standard InChI is InChI=1S/C15H21NO/c1-15(8-9-16-11-15)17-14-7-6-12-4-2-3-5-13(12)10-14/h6-7,10,16H,2-5,8-9,11H2,1H3. The predicted molar refractivity (Wildman–Crippen MR) is 69.6 cm³/mol. The van der Waals surface area contributed by atoms with Gasteiger partial charge in [0.2, 0.25) is 0 Å². The molecule has 0 amide bonds. The third kappa shape index (κ3) is 2.32. The number of ether oxygens (including phenoxy) is 1. The third-order valence-corrected chi connectivity index (χ3v) is 4.01. The van der Waals surface area contributed by atoms with Gasteiger partial charge in [-0.25, -0.2) is 0 Å². The van der Waals surface area contributed by atoms with Crippen molar-refractivity contribution in [1.82, 2.24) is 5.32 Å². The zero-order chi connectivity index (χ0) is 11.7. The summed E-state index contributed by atoms with van der Waals surface area (Å²) < 4.78 is 6.17. The Morgan fingerprint density at radius 1 is 1.18 bits per heavy atom. The Morgan fingerprint density at radius 3 is 2.76 bits per heavy atom. The van der Waals surface area contributed by atoms with Crippen LogP contribution in [0.1, 0.15) is 37.3 Å². The van der Waals surface area contributed by atoms with Gasteiger partial charge in [0.25, 0.3) is 0 Å². The normalized spacial score (nSPS) is 27.8. The lowest BCUT2D eigenvalue weighted by Gasteiger charge is -2.26. The van der Waals surface area contributed by atoms with Crippen LogP contribution in [0.2, 0.25) is 0 Å². The molecule has 0 bridgehead atoms. The molecule has 0 radical (unpaired) electrons. The molecule has 2 heteroatoms. The van der Waals surface area contributed by atoms with Crippen molar-refractivity contribution in [2.24, 2.45) is 0 Å². The van der Waals surface area contributed by atoms with E-state index in [9.17, 15) is 0 Å². The Labute approximate surface area is 103 Å². The maximum Gasteiger partial charge on any atom is 0.120 e. The van der Waals surface area contributed by atoms with Crippen molar-refractivity contribution < 1.29 is 4.74 Å². The van der Waals surface area contributed by atoms with Crippen LogP contribution in [0, 0.1) is 0 Å². The van der Waals surface area contributed by atoms with Gasteiger partial charge in [0.15, 0.2) is 0 Å². The van der Waals surface area contributed by atoms with Crippen LogP contribution in [0.25, 0.3) is 0 Å². The molecule has 1 aliphatic carbocycles. The smallest absolute Gasteiger partial charge is 0.120 e. The highest BCUT2D eigenvalue weighted by atomic mass is 16.5. The molecule has 1 saturated heterocycles. The summed E-state index contributed by atoms with van der Waals surface area (Å²) in [6.07, 6.45) is 6.24. The molecule has 1 unspecified atom stereocenters. The summed E-state index contributed by atoms with van der Waals surface area (Å²) in [5, 5.41) is 3.37. The van der Waals surface area contributed by atoms with Gasteiger partial charge < -0.3 is 10.1 Å². The molecule has 92 valence electrons. The van der Waals surface area contributed by atoms with Gasteiger partial charge in [0, 0.05) is 13.0 Å². The van der Waals surface area contributed by atoms with E-state index >= 15 is 0 Å². The van der Waals surface area contributed by atoms with Crippen LogP contribution in [-0.4, -0.2) is 18.7 Å². The monoisotopic (exact) mass is 231 g/mol. The summed E-state index contributed by atoms with van der Waals surface area (Å²) in [6.45, 7) is 4.23. The summed E-state index contributed by atoms with van der Waals surface area (Å²) >= 11 is 0. The molecule has 2 nitrogen and oxygen atoms in total. The van der Waals surface area contributed by atoms with E-state index in [-0.39, 0.29) is 5.60 Å². The van der Waals surface area contributed by atoms with E-state index in [2.05, 4.69) is 30.4 Å². The molecule has 1 heterocycles. The minimum atomic E-state index is -0.0110. The average Bonchev–Trinajstić information content (AvgIpc) is 2.76. The second-order valence-corrected chi connectivity index (χ2v) is 5.62. The predicted octanol–water partition coefficient (Wildman–Crippen LogP) is 2.70. The van der Waals surface area contributed by atoms with E-state index in [4.69, 9.17) is 4.74 Å².